The zero-order chi connectivity index (χ0) is 19.3. The highest BCUT2D eigenvalue weighted by Gasteiger charge is 2.40. The molecule has 1 aliphatic heterocycles. The quantitative estimate of drug-likeness (QED) is 0.261. The molecule has 1 aliphatic carbocycles. The van der Waals surface area contributed by atoms with Gasteiger partial charge >= 0.3 is 0 Å². The van der Waals surface area contributed by atoms with E-state index in [1.807, 2.05) is 24.3 Å². The number of carbonyl (C=O) groups excluding carboxylic acids is 1. The van der Waals surface area contributed by atoms with Crippen molar-refractivity contribution in [2.24, 2.45) is 0 Å². The lowest BCUT2D eigenvalue weighted by Gasteiger charge is -2.34. The van der Waals surface area contributed by atoms with Crippen LogP contribution in [0.15, 0.2) is 57.4 Å². The lowest BCUT2D eigenvalue weighted by molar-refractivity contribution is -0.113. The number of alkyl halides is 1. The van der Waals surface area contributed by atoms with Crippen LogP contribution < -0.4 is 9.47 Å². The van der Waals surface area contributed by atoms with Crippen LogP contribution in [0.4, 0.5) is 0 Å². The number of benzene rings is 2. The molecule has 2 aromatic carbocycles. The molecule has 0 fully saturated rings. The minimum absolute atomic E-state index is 0.0213. The molecule has 0 saturated heterocycles. The molecule has 2 aliphatic rings. The van der Waals surface area contributed by atoms with Crippen molar-refractivity contribution in [3.8, 4) is 11.5 Å². The SMILES string of the molecule is COc1c(I)cc2c(c1I)OC1=C(C=C(I)C(=O)C1I)C2c1ccccc1. The normalized spacial score (nSPS) is 21.2. The number of hydrogen-bond donors (Lipinski definition) is 0. The molecule has 138 valence electrons. The lowest BCUT2D eigenvalue weighted by atomic mass is 9.80. The molecular weight excluding hydrogens is 796 g/mol. The van der Waals surface area contributed by atoms with Gasteiger partial charge in [0.1, 0.15) is 21.2 Å². The van der Waals surface area contributed by atoms with Gasteiger partial charge in [0.15, 0.2) is 5.78 Å². The Balaban J connectivity index is 2.02. The van der Waals surface area contributed by atoms with Crippen molar-refractivity contribution in [3.63, 3.8) is 0 Å². The van der Waals surface area contributed by atoms with E-state index in [4.69, 9.17) is 9.47 Å². The van der Waals surface area contributed by atoms with Gasteiger partial charge in [-0.15, -0.1) is 0 Å². The summed E-state index contributed by atoms with van der Waals surface area (Å²) in [6.07, 6.45) is 1.98. The van der Waals surface area contributed by atoms with Gasteiger partial charge in [0, 0.05) is 17.1 Å². The summed E-state index contributed by atoms with van der Waals surface area (Å²) in [6, 6.07) is 12.5. The fourth-order valence-corrected chi connectivity index (χ4v) is 7.73. The molecule has 4 rings (SSSR count). The Morgan fingerprint density at radius 1 is 1.11 bits per heavy atom. The number of hydrogen-bond acceptors (Lipinski definition) is 3. The summed E-state index contributed by atoms with van der Waals surface area (Å²) >= 11 is 8.90. The summed E-state index contributed by atoms with van der Waals surface area (Å²) in [7, 11) is 1.67. The molecule has 2 atom stereocenters. The average Bonchev–Trinajstić information content (AvgIpc) is 2.66. The van der Waals surface area contributed by atoms with Crippen LogP contribution in [0.1, 0.15) is 17.0 Å². The summed E-state index contributed by atoms with van der Waals surface area (Å²) in [5.74, 6) is 2.46. The van der Waals surface area contributed by atoms with Crippen molar-refractivity contribution in [1.82, 2.24) is 0 Å². The molecule has 0 amide bonds. The zero-order valence-electron chi connectivity index (χ0n) is 13.9. The van der Waals surface area contributed by atoms with Crippen molar-refractivity contribution in [2.45, 2.75) is 9.84 Å². The third kappa shape index (κ3) is 3.47. The lowest BCUT2D eigenvalue weighted by Crippen LogP contribution is -2.30. The second-order valence-electron chi connectivity index (χ2n) is 6.11. The van der Waals surface area contributed by atoms with E-state index in [0.29, 0.717) is 0 Å². The van der Waals surface area contributed by atoms with Crippen molar-refractivity contribution >= 4 is 96.1 Å². The first-order valence-corrected chi connectivity index (χ1v) is 12.5. The van der Waals surface area contributed by atoms with Crippen LogP contribution in [0.2, 0.25) is 0 Å². The molecule has 0 spiro atoms. The highest BCUT2D eigenvalue weighted by Crippen LogP contribution is 2.52. The smallest absolute Gasteiger partial charge is 0.189 e. The Labute approximate surface area is 211 Å². The molecule has 7 heteroatoms. The molecule has 0 saturated carbocycles. The number of carbonyl (C=O) groups is 1. The second-order valence-corrected chi connectivity index (χ2v) is 10.8. The average molecular weight is 808 g/mol. The highest BCUT2D eigenvalue weighted by molar-refractivity contribution is 14.1. The summed E-state index contributed by atoms with van der Waals surface area (Å²) in [6.45, 7) is 0. The van der Waals surface area contributed by atoms with Gasteiger partial charge in [0.05, 0.1) is 17.8 Å². The number of halogens is 4. The summed E-state index contributed by atoms with van der Waals surface area (Å²) in [5, 5.41) is 0. The molecule has 0 radical (unpaired) electrons. The van der Waals surface area contributed by atoms with Gasteiger partial charge in [0.25, 0.3) is 0 Å². The minimum Gasteiger partial charge on any atom is -0.494 e. The van der Waals surface area contributed by atoms with Crippen LogP contribution in [0.25, 0.3) is 0 Å². The maximum absolute atomic E-state index is 12.6. The number of allylic oxidation sites excluding steroid dienone is 4. The van der Waals surface area contributed by atoms with E-state index in [9.17, 15) is 4.79 Å². The van der Waals surface area contributed by atoms with Crippen molar-refractivity contribution < 1.29 is 14.3 Å². The van der Waals surface area contributed by atoms with Gasteiger partial charge in [-0.3, -0.25) is 4.79 Å². The molecule has 0 N–H and O–H groups in total. The number of ether oxygens (including phenoxy) is 2. The van der Waals surface area contributed by atoms with Gasteiger partial charge in [-0.05, 0) is 85.5 Å². The molecule has 0 bridgehead atoms. The van der Waals surface area contributed by atoms with Crippen molar-refractivity contribution in [1.29, 1.82) is 0 Å². The zero-order valence-corrected chi connectivity index (χ0v) is 22.6. The van der Waals surface area contributed by atoms with E-state index in [0.717, 1.165) is 39.1 Å². The van der Waals surface area contributed by atoms with Crippen LogP contribution in [0, 0.1) is 7.14 Å². The van der Waals surface area contributed by atoms with Crippen molar-refractivity contribution in [3.05, 3.63) is 75.7 Å². The highest BCUT2D eigenvalue weighted by atomic mass is 127. The molecule has 1 heterocycles. The molecule has 2 unspecified atom stereocenters. The maximum Gasteiger partial charge on any atom is 0.189 e. The molecule has 3 nitrogen and oxygen atoms in total. The number of Topliss-reactive ketones (excluding diaryl/α,β-unsaturated/α-hetero) is 1. The Hall–Kier alpha value is 0.110. The van der Waals surface area contributed by atoms with Gasteiger partial charge in [0.2, 0.25) is 0 Å². The van der Waals surface area contributed by atoms with E-state index in [2.05, 4.69) is 109 Å². The van der Waals surface area contributed by atoms with Gasteiger partial charge in [-0.1, -0.05) is 52.9 Å². The third-order valence-electron chi connectivity index (χ3n) is 4.59. The number of fused-ring (bicyclic) bond motifs is 1. The van der Waals surface area contributed by atoms with E-state index in [1.54, 1.807) is 7.11 Å². The van der Waals surface area contributed by atoms with Crippen LogP contribution in [0.5, 0.6) is 11.5 Å². The Morgan fingerprint density at radius 2 is 1.81 bits per heavy atom. The second kappa shape index (κ2) is 8.09. The van der Waals surface area contributed by atoms with Crippen LogP contribution >= 0.6 is 90.4 Å². The van der Waals surface area contributed by atoms with E-state index in [1.165, 1.54) is 5.56 Å². The Bertz CT molecular complexity index is 1010. The van der Waals surface area contributed by atoms with E-state index in [-0.39, 0.29) is 15.6 Å². The number of ketones is 1. The standard InChI is InChI=1S/C20H12I4O3/c1-26-20-13(22)8-11-14(9-5-3-2-4-6-9)10-7-12(21)17(25)15(23)18(10)27-19(11)16(20)24/h2-8,14-15H,1H3. The first-order chi connectivity index (χ1) is 12.9. The molecule has 0 aromatic heterocycles. The number of rotatable bonds is 2. The van der Waals surface area contributed by atoms with Crippen LogP contribution in [-0.4, -0.2) is 16.8 Å². The Kier molecular flexibility index (Phi) is 6.11. The first-order valence-electron chi connectivity index (χ1n) is 8.02. The van der Waals surface area contributed by atoms with Gasteiger partial charge in [-0.25, -0.2) is 0 Å². The van der Waals surface area contributed by atoms with Gasteiger partial charge < -0.3 is 9.47 Å². The third-order valence-corrected chi connectivity index (χ3v) is 8.35. The Morgan fingerprint density at radius 3 is 2.48 bits per heavy atom. The number of methoxy groups -OCH3 is 1. The topological polar surface area (TPSA) is 35.5 Å². The molecule has 27 heavy (non-hydrogen) atoms. The summed E-state index contributed by atoms with van der Waals surface area (Å²) in [5.41, 5.74) is 3.35. The van der Waals surface area contributed by atoms with E-state index >= 15 is 0 Å². The first kappa shape index (κ1) is 20.4. The maximum atomic E-state index is 12.6. The minimum atomic E-state index is -0.324. The summed E-state index contributed by atoms with van der Waals surface area (Å²) in [4.78, 5) is 12.6. The van der Waals surface area contributed by atoms with Gasteiger partial charge in [-0.2, -0.15) is 0 Å². The predicted molar refractivity (Wildman–Crippen MR) is 139 cm³/mol. The monoisotopic (exact) mass is 808 g/mol. The summed E-state index contributed by atoms with van der Waals surface area (Å²) < 4.78 is 14.4. The van der Waals surface area contributed by atoms with Crippen LogP contribution in [0.3, 0.4) is 0 Å². The van der Waals surface area contributed by atoms with Crippen molar-refractivity contribution in [2.75, 3.05) is 7.11 Å². The fourth-order valence-electron chi connectivity index (χ4n) is 3.39. The largest absolute Gasteiger partial charge is 0.494 e. The molecular formula is C20H12I4O3. The van der Waals surface area contributed by atoms with E-state index < -0.39 is 0 Å². The fraction of sp³-hybridized carbons (Fsp3) is 0.150. The predicted octanol–water partition coefficient (Wildman–Crippen LogP) is 6.39. The molecule has 2 aromatic rings. The van der Waals surface area contributed by atoms with Crippen LogP contribution in [-0.2, 0) is 4.79 Å².